The fraction of sp³-hybridized carbons (Fsp3) is 0.417. The van der Waals surface area contributed by atoms with Gasteiger partial charge in [0.2, 0.25) is 0 Å². The van der Waals surface area contributed by atoms with Crippen molar-refractivity contribution in [3.8, 4) is 0 Å². The van der Waals surface area contributed by atoms with E-state index in [0.29, 0.717) is 0 Å². The van der Waals surface area contributed by atoms with Gasteiger partial charge in [0.25, 0.3) is 0 Å². The fourth-order valence-corrected chi connectivity index (χ4v) is 1.61. The maximum atomic E-state index is 10.3. The first-order chi connectivity index (χ1) is 7.22. The first-order valence-electron chi connectivity index (χ1n) is 5.52. The molecule has 15 heavy (non-hydrogen) atoms. The van der Waals surface area contributed by atoms with Gasteiger partial charge in [-0.05, 0) is 24.8 Å². The van der Waals surface area contributed by atoms with Crippen molar-refractivity contribution >= 4 is 18.7 Å². The van der Waals surface area contributed by atoms with Gasteiger partial charge >= 0.3 is 5.97 Å². The van der Waals surface area contributed by atoms with Gasteiger partial charge in [-0.15, -0.1) is 0 Å². The van der Waals surface area contributed by atoms with Crippen LogP contribution >= 0.6 is 0 Å². The van der Waals surface area contributed by atoms with Crippen LogP contribution in [0, 0.1) is 0 Å². The molecule has 0 saturated heterocycles. The Morgan fingerprint density at radius 1 is 1.40 bits per heavy atom. The average molecular weight is 204 g/mol. The fourth-order valence-electron chi connectivity index (χ4n) is 1.61. The van der Waals surface area contributed by atoms with E-state index in [1.165, 1.54) is 11.0 Å². The highest BCUT2D eigenvalue weighted by Crippen LogP contribution is 2.05. The molecule has 1 rings (SSSR count). The van der Waals surface area contributed by atoms with Crippen LogP contribution in [0.5, 0.6) is 0 Å². The number of hydrogen-bond acceptors (Lipinski definition) is 1. The van der Waals surface area contributed by atoms with Gasteiger partial charge in [0.15, 0.2) is 7.28 Å². The van der Waals surface area contributed by atoms with E-state index in [4.69, 9.17) is 5.11 Å². The number of unbranched alkanes of at least 4 members (excludes halogenated alkanes) is 1. The molecule has 0 aromatic heterocycles. The lowest BCUT2D eigenvalue weighted by molar-refractivity contribution is -0.137. The number of carbonyl (C=O) groups is 1. The monoisotopic (exact) mass is 204 g/mol. The molecule has 0 fully saturated rings. The Hall–Kier alpha value is -1.25. The summed E-state index contributed by atoms with van der Waals surface area (Å²) in [6.45, 7) is 2.14. The Labute approximate surface area is 91.6 Å². The predicted molar refractivity (Wildman–Crippen MR) is 64.3 cm³/mol. The van der Waals surface area contributed by atoms with Crippen LogP contribution in [0.4, 0.5) is 0 Å². The van der Waals surface area contributed by atoms with Gasteiger partial charge in [-0.2, -0.15) is 0 Å². The molecular weight excluding hydrogens is 187 g/mol. The minimum Gasteiger partial charge on any atom is -0.481 e. The van der Waals surface area contributed by atoms with Gasteiger partial charge in [-0.1, -0.05) is 36.6 Å². The molecule has 0 atom stereocenters. The van der Waals surface area contributed by atoms with Crippen molar-refractivity contribution < 1.29 is 9.90 Å². The summed E-state index contributed by atoms with van der Waals surface area (Å²) in [4.78, 5) is 10.3. The van der Waals surface area contributed by atoms with Crippen LogP contribution in [0.25, 0.3) is 0 Å². The van der Waals surface area contributed by atoms with Gasteiger partial charge in [0.05, 0.1) is 0 Å². The highest BCUT2D eigenvalue weighted by Gasteiger charge is 1.98. The molecule has 0 bridgehead atoms. The minimum absolute atomic E-state index is 0.285. The van der Waals surface area contributed by atoms with Crippen molar-refractivity contribution in [1.29, 1.82) is 0 Å². The Kier molecular flexibility index (Phi) is 4.95. The normalized spacial score (nSPS) is 9.93. The van der Waals surface area contributed by atoms with E-state index in [9.17, 15) is 4.79 Å². The van der Waals surface area contributed by atoms with E-state index in [0.717, 1.165) is 26.5 Å². The summed E-state index contributed by atoms with van der Waals surface area (Å²) in [5, 5.41) is 8.49. The number of aliphatic carboxylic acids is 1. The molecule has 0 aliphatic heterocycles. The summed E-state index contributed by atoms with van der Waals surface area (Å²) in [6.07, 6.45) is 3.00. The van der Waals surface area contributed by atoms with E-state index in [-0.39, 0.29) is 6.42 Å². The molecular formula is C12H17BO2. The molecule has 80 valence electrons. The lowest BCUT2D eigenvalue weighted by Gasteiger charge is -2.02. The maximum absolute atomic E-state index is 10.3. The van der Waals surface area contributed by atoms with E-state index in [1.54, 1.807) is 0 Å². The Bertz CT molecular complexity index is 323. The van der Waals surface area contributed by atoms with Gasteiger partial charge in [0, 0.05) is 6.42 Å². The zero-order valence-electron chi connectivity index (χ0n) is 9.20. The first-order valence-corrected chi connectivity index (χ1v) is 5.52. The maximum Gasteiger partial charge on any atom is 0.303 e. The van der Waals surface area contributed by atoms with E-state index in [2.05, 4.69) is 31.1 Å². The number of carboxylic acid groups (broad SMARTS) is 1. The molecule has 3 heteroatoms. The lowest BCUT2D eigenvalue weighted by Crippen LogP contribution is -2.10. The lowest BCUT2D eigenvalue weighted by atomic mass is 9.73. The number of aryl methyl sites for hydroxylation is 1. The molecule has 0 heterocycles. The molecule has 1 N–H and O–H groups in total. The van der Waals surface area contributed by atoms with Crippen LogP contribution < -0.4 is 5.46 Å². The summed E-state index contributed by atoms with van der Waals surface area (Å²) in [5.74, 6) is -0.697. The van der Waals surface area contributed by atoms with E-state index < -0.39 is 5.97 Å². The third-order valence-corrected chi connectivity index (χ3v) is 2.51. The van der Waals surface area contributed by atoms with Crippen LogP contribution in [-0.4, -0.2) is 18.4 Å². The summed E-state index contributed by atoms with van der Waals surface area (Å²) in [6, 6.07) is 8.52. The molecule has 2 nitrogen and oxygen atoms in total. The Morgan fingerprint density at radius 3 is 2.87 bits per heavy atom. The van der Waals surface area contributed by atoms with Gasteiger partial charge < -0.3 is 5.11 Å². The second-order valence-corrected chi connectivity index (χ2v) is 3.77. The Morgan fingerprint density at radius 2 is 2.20 bits per heavy atom. The average Bonchev–Trinajstić information content (AvgIpc) is 2.24. The summed E-state index contributed by atoms with van der Waals surface area (Å²) < 4.78 is 0. The van der Waals surface area contributed by atoms with Crippen molar-refractivity contribution in [2.24, 2.45) is 0 Å². The molecule has 0 radical (unpaired) electrons. The van der Waals surface area contributed by atoms with Crippen LogP contribution in [-0.2, 0) is 11.2 Å². The molecule has 0 unspecified atom stereocenters. The number of carboxylic acids is 1. The van der Waals surface area contributed by atoms with Crippen molar-refractivity contribution in [2.75, 3.05) is 0 Å². The molecule has 0 spiro atoms. The van der Waals surface area contributed by atoms with Gasteiger partial charge in [0.1, 0.15) is 0 Å². The largest absolute Gasteiger partial charge is 0.481 e. The van der Waals surface area contributed by atoms with E-state index >= 15 is 0 Å². The zero-order valence-corrected chi connectivity index (χ0v) is 9.20. The molecule has 0 amide bonds. The van der Waals surface area contributed by atoms with Crippen molar-refractivity contribution in [3.05, 3.63) is 29.8 Å². The van der Waals surface area contributed by atoms with Crippen LogP contribution in [0.1, 0.15) is 24.8 Å². The third-order valence-electron chi connectivity index (χ3n) is 2.51. The van der Waals surface area contributed by atoms with Crippen molar-refractivity contribution in [2.45, 2.75) is 32.5 Å². The highest BCUT2D eigenvalue weighted by atomic mass is 16.4. The molecule has 1 aromatic carbocycles. The zero-order chi connectivity index (χ0) is 11.1. The van der Waals surface area contributed by atoms with Gasteiger partial charge in [-0.25, -0.2) is 0 Å². The molecule has 0 aliphatic carbocycles. The minimum atomic E-state index is -0.697. The van der Waals surface area contributed by atoms with Crippen molar-refractivity contribution in [3.63, 3.8) is 0 Å². The Balaban J connectivity index is 2.33. The second kappa shape index (κ2) is 6.28. The number of hydrogen-bond donors (Lipinski definition) is 1. The SMILES string of the molecule is CBc1cccc(CCCCC(=O)O)c1. The third kappa shape index (κ3) is 4.68. The van der Waals surface area contributed by atoms with E-state index in [1.807, 2.05) is 0 Å². The smallest absolute Gasteiger partial charge is 0.303 e. The standard InChI is InChI=1S/C12H17BO2/c1-13-11-7-4-6-10(9-11)5-2-3-8-12(14)15/h4,6-7,9,13H,2-3,5,8H2,1H3,(H,14,15). The van der Waals surface area contributed by atoms with Crippen molar-refractivity contribution in [1.82, 2.24) is 0 Å². The van der Waals surface area contributed by atoms with Crippen LogP contribution in [0.2, 0.25) is 6.82 Å². The molecule has 0 aliphatic rings. The molecule has 1 aromatic rings. The summed E-state index contributed by atoms with van der Waals surface area (Å²) in [7, 11) is 1.06. The highest BCUT2D eigenvalue weighted by molar-refractivity contribution is 6.51. The molecule has 0 saturated carbocycles. The van der Waals surface area contributed by atoms with Crippen LogP contribution in [0.3, 0.4) is 0 Å². The number of benzene rings is 1. The predicted octanol–water partition coefficient (Wildman–Crippen LogP) is 1.59. The topological polar surface area (TPSA) is 37.3 Å². The van der Waals surface area contributed by atoms with Crippen LogP contribution in [0.15, 0.2) is 24.3 Å². The van der Waals surface area contributed by atoms with Gasteiger partial charge in [-0.3, -0.25) is 4.79 Å². The first kappa shape index (κ1) is 11.8. The summed E-state index contributed by atoms with van der Waals surface area (Å²) >= 11 is 0. The summed E-state index contributed by atoms with van der Waals surface area (Å²) in [5.41, 5.74) is 2.67. The quantitative estimate of drug-likeness (QED) is 0.564. The second-order valence-electron chi connectivity index (χ2n) is 3.77. The number of rotatable bonds is 6.